The molecular formula is C12H18BrNOS. The van der Waals surface area contributed by atoms with Gasteiger partial charge in [0.25, 0.3) is 0 Å². The molecule has 2 N–H and O–H groups in total. The van der Waals surface area contributed by atoms with Crippen molar-refractivity contribution in [1.82, 2.24) is 0 Å². The number of hydrogen-bond acceptors (Lipinski definition) is 3. The van der Waals surface area contributed by atoms with Gasteiger partial charge in [-0.25, -0.2) is 0 Å². The average Bonchev–Trinajstić information content (AvgIpc) is 2.57. The fourth-order valence-corrected chi connectivity index (χ4v) is 4.24. The van der Waals surface area contributed by atoms with E-state index in [1.54, 1.807) is 0 Å². The standard InChI is InChI=1S/C12H18BrNOS/c1-8(2)10(4-14)12(6-15-7-12)11-3-9(13)5-16-11/h3,5,8,10H,4,6-7,14H2,1-2H3. The lowest BCUT2D eigenvalue weighted by molar-refractivity contribution is -0.0963. The van der Waals surface area contributed by atoms with Crippen LogP contribution in [0.4, 0.5) is 0 Å². The van der Waals surface area contributed by atoms with E-state index in [2.05, 4.69) is 41.2 Å². The number of thiophene rings is 1. The van der Waals surface area contributed by atoms with Crippen molar-refractivity contribution in [3.63, 3.8) is 0 Å². The van der Waals surface area contributed by atoms with E-state index >= 15 is 0 Å². The second kappa shape index (κ2) is 4.77. The highest BCUT2D eigenvalue weighted by atomic mass is 79.9. The molecule has 1 atom stereocenters. The van der Waals surface area contributed by atoms with Crippen molar-refractivity contribution in [3.05, 3.63) is 20.8 Å². The molecule has 0 aliphatic carbocycles. The molecule has 16 heavy (non-hydrogen) atoms. The monoisotopic (exact) mass is 303 g/mol. The Morgan fingerprint density at radius 2 is 2.25 bits per heavy atom. The summed E-state index contributed by atoms with van der Waals surface area (Å²) in [5.74, 6) is 1.10. The Labute approximate surface area is 109 Å². The second-order valence-electron chi connectivity index (χ2n) is 4.86. The van der Waals surface area contributed by atoms with Crippen LogP contribution < -0.4 is 5.73 Å². The van der Waals surface area contributed by atoms with Crippen LogP contribution in [-0.2, 0) is 10.2 Å². The summed E-state index contributed by atoms with van der Waals surface area (Å²) < 4.78 is 6.64. The molecule has 2 rings (SSSR count). The first kappa shape index (κ1) is 12.6. The van der Waals surface area contributed by atoms with E-state index in [4.69, 9.17) is 10.5 Å². The van der Waals surface area contributed by atoms with E-state index in [9.17, 15) is 0 Å². The molecule has 1 aromatic heterocycles. The summed E-state index contributed by atoms with van der Waals surface area (Å²) in [7, 11) is 0. The molecule has 0 saturated carbocycles. The largest absolute Gasteiger partial charge is 0.379 e. The van der Waals surface area contributed by atoms with E-state index in [0.717, 1.165) is 19.8 Å². The molecule has 1 aromatic rings. The third-order valence-electron chi connectivity index (χ3n) is 3.55. The van der Waals surface area contributed by atoms with E-state index in [-0.39, 0.29) is 5.41 Å². The molecule has 0 bridgehead atoms. The zero-order valence-electron chi connectivity index (χ0n) is 9.70. The van der Waals surface area contributed by atoms with Gasteiger partial charge in [0.15, 0.2) is 0 Å². The van der Waals surface area contributed by atoms with E-state index < -0.39 is 0 Å². The van der Waals surface area contributed by atoms with Crippen LogP contribution in [0, 0.1) is 11.8 Å². The molecule has 1 fully saturated rings. The Balaban J connectivity index is 2.31. The normalized spacial score (nSPS) is 20.8. The van der Waals surface area contributed by atoms with Crippen molar-refractivity contribution in [1.29, 1.82) is 0 Å². The van der Waals surface area contributed by atoms with Crippen LogP contribution in [0.1, 0.15) is 18.7 Å². The van der Waals surface area contributed by atoms with Crippen LogP contribution in [0.2, 0.25) is 0 Å². The SMILES string of the molecule is CC(C)C(CN)C1(c2cc(Br)cs2)COC1. The topological polar surface area (TPSA) is 35.2 Å². The Morgan fingerprint density at radius 3 is 2.56 bits per heavy atom. The summed E-state index contributed by atoms with van der Waals surface area (Å²) in [4.78, 5) is 1.41. The molecule has 4 heteroatoms. The Hall–Kier alpha value is 0.1000. The Bertz CT molecular complexity index is 360. The van der Waals surface area contributed by atoms with Gasteiger partial charge in [-0.2, -0.15) is 0 Å². The molecule has 0 aromatic carbocycles. The van der Waals surface area contributed by atoms with Gasteiger partial charge in [-0.15, -0.1) is 11.3 Å². The number of rotatable bonds is 4. The van der Waals surface area contributed by atoms with Crippen LogP contribution >= 0.6 is 27.3 Å². The minimum atomic E-state index is 0.166. The summed E-state index contributed by atoms with van der Waals surface area (Å²) in [6, 6.07) is 2.22. The van der Waals surface area contributed by atoms with E-state index in [1.165, 1.54) is 9.35 Å². The second-order valence-corrected chi connectivity index (χ2v) is 6.69. The summed E-state index contributed by atoms with van der Waals surface area (Å²) >= 11 is 5.34. The summed E-state index contributed by atoms with van der Waals surface area (Å²) in [6.45, 7) is 6.87. The van der Waals surface area contributed by atoms with Crippen molar-refractivity contribution in [2.75, 3.05) is 19.8 Å². The van der Waals surface area contributed by atoms with Gasteiger partial charge in [0.2, 0.25) is 0 Å². The highest BCUT2D eigenvalue weighted by Gasteiger charge is 2.48. The minimum Gasteiger partial charge on any atom is -0.379 e. The predicted molar refractivity (Wildman–Crippen MR) is 71.9 cm³/mol. The van der Waals surface area contributed by atoms with Crippen LogP contribution in [0.3, 0.4) is 0 Å². The molecule has 1 aliphatic rings. The zero-order valence-corrected chi connectivity index (χ0v) is 12.1. The quantitative estimate of drug-likeness (QED) is 0.928. The molecule has 0 amide bonds. The Morgan fingerprint density at radius 1 is 1.56 bits per heavy atom. The van der Waals surface area contributed by atoms with Crippen molar-refractivity contribution >= 4 is 27.3 Å². The lowest BCUT2D eigenvalue weighted by Crippen LogP contribution is -2.55. The maximum atomic E-state index is 5.95. The van der Waals surface area contributed by atoms with Gasteiger partial charge < -0.3 is 10.5 Å². The lowest BCUT2D eigenvalue weighted by atomic mass is 9.68. The minimum absolute atomic E-state index is 0.166. The summed E-state index contributed by atoms with van der Waals surface area (Å²) in [5.41, 5.74) is 6.12. The predicted octanol–water partition coefficient (Wildman–Crippen LogP) is 3.01. The first-order valence-corrected chi connectivity index (χ1v) is 7.30. The molecule has 1 aliphatic heterocycles. The fourth-order valence-electron chi connectivity index (χ4n) is 2.57. The van der Waals surface area contributed by atoms with Crippen LogP contribution in [0.25, 0.3) is 0 Å². The maximum absolute atomic E-state index is 5.95. The highest BCUT2D eigenvalue weighted by molar-refractivity contribution is 9.10. The highest BCUT2D eigenvalue weighted by Crippen LogP contribution is 2.45. The van der Waals surface area contributed by atoms with Crippen LogP contribution in [0.5, 0.6) is 0 Å². The van der Waals surface area contributed by atoms with Gasteiger partial charge in [-0.05, 0) is 40.4 Å². The van der Waals surface area contributed by atoms with Crippen molar-refractivity contribution in [2.45, 2.75) is 19.3 Å². The molecule has 90 valence electrons. The maximum Gasteiger partial charge on any atom is 0.0596 e. The van der Waals surface area contributed by atoms with Crippen LogP contribution in [-0.4, -0.2) is 19.8 Å². The molecule has 2 heterocycles. The molecule has 1 unspecified atom stereocenters. The Kier molecular flexibility index (Phi) is 3.74. The first-order chi connectivity index (χ1) is 7.60. The average molecular weight is 304 g/mol. The number of ether oxygens (including phenoxy) is 1. The van der Waals surface area contributed by atoms with Gasteiger partial charge in [-0.3, -0.25) is 0 Å². The van der Waals surface area contributed by atoms with E-state index in [0.29, 0.717) is 11.8 Å². The molecule has 0 spiro atoms. The van der Waals surface area contributed by atoms with Gasteiger partial charge in [-0.1, -0.05) is 13.8 Å². The molecule has 1 saturated heterocycles. The zero-order chi connectivity index (χ0) is 11.8. The van der Waals surface area contributed by atoms with Crippen LogP contribution in [0.15, 0.2) is 15.9 Å². The van der Waals surface area contributed by atoms with Crippen molar-refractivity contribution in [2.24, 2.45) is 17.6 Å². The van der Waals surface area contributed by atoms with Crippen molar-refractivity contribution < 1.29 is 4.74 Å². The first-order valence-electron chi connectivity index (χ1n) is 5.62. The van der Waals surface area contributed by atoms with Crippen molar-refractivity contribution in [3.8, 4) is 0 Å². The van der Waals surface area contributed by atoms with Gasteiger partial charge in [0, 0.05) is 14.7 Å². The fraction of sp³-hybridized carbons (Fsp3) is 0.667. The molecular weight excluding hydrogens is 286 g/mol. The summed E-state index contributed by atoms with van der Waals surface area (Å²) in [5, 5.41) is 2.14. The molecule has 2 nitrogen and oxygen atoms in total. The molecule has 0 radical (unpaired) electrons. The lowest BCUT2D eigenvalue weighted by Gasteiger charge is -2.48. The third-order valence-corrected chi connectivity index (χ3v) is 5.46. The summed E-state index contributed by atoms with van der Waals surface area (Å²) in [6.07, 6.45) is 0. The van der Waals surface area contributed by atoms with Gasteiger partial charge in [0.05, 0.1) is 18.6 Å². The smallest absolute Gasteiger partial charge is 0.0596 e. The van der Waals surface area contributed by atoms with E-state index in [1.807, 2.05) is 11.3 Å². The van der Waals surface area contributed by atoms with Gasteiger partial charge >= 0.3 is 0 Å². The van der Waals surface area contributed by atoms with Gasteiger partial charge in [0.1, 0.15) is 0 Å². The number of nitrogens with two attached hydrogens (primary N) is 1. The number of hydrogen-bond donors (Lipinski definition) is 1. The third kappa shape index (κ3) is 1.96. The number of halogens is 1.